The van der Waals surface area contributed by atoms with E-state index in [1.807, 2.05) is 0 Å². The van der Waals surface area contributed by atoms with Gasteiger partial charge in [-0.3, -0.25) is 19.2 Å². The van der Waals surface area contributed by atoms with Gasteiger partial charge in [-0.05, 0) is 47.9 Å². The van der Waals surface area contributed by atoms with Crippen LogP contribution in [0.25, 0.3) is 0 Å². The van der Waals surface area contributed by atoms with Gasteiger partial charge >= 0.3 is 0 Å². The smallest absolute Gasteiger partial charge is 0.232 e. The van der Waals surface area contributed by atoms with Crippen molar-refractivity contribution >= 4 is 40.7 Å². The van der Waals surface area contributed by atoms with Gasteiger partial charge in [-0.2, -0.15) is 0 Å². The van der Waals surface area contributed by atoms with Crippen molar-refractivity contribution in [2.75, 3.05) is 40.0 Å². The molecule has 3 N–H and O–H groups in total. The highest BCUT2D eigenvalue weighted by Gasteiger charge is 2.61. The summed E-state index contributed by atoms with van der Waals surface area (Å²) in [5.41, 5.74) is -0.269. The normalized spacial score (nSPS) is 21.9. The van der Waals surface area contributed by atoms with Crippen LogP contribution in [0.1, 0.15) is 59.5 Å². The van der Waals surface area contributed by atoms with Crippen molar-refractivity contribution in [1.29, 1.82) is 0 Å². The van der Waals surface area contributed by atoms with Crippen molar-refractivity contribution in [3.05, 3.63) is 75.5 Å². The van der Waals surface area contributed by atoms with E-state index >= 15 is 0 Å². The molecule has 0 fully saturated rings. The quantitative estimate of drug-likeness (QED) is 0.251. The molecule has 4 unspecified atom stereocenters. The van der Waals surface area contributed by atoms with Crippen LogP contribution in [-0.2, 0) is 14.4 Å². The van der Waals surface area contributed by atoms with Gasteiger partial charge in [0.2, 0.25) is 30.0 Å². The number of hydrogen-bond donors (Lipinski definition) is 3. The fourth-order valence-electron chi connectivity index (χ4n) is 7.39. The van der Waals surface area contributed by atoms with Crippen LogP contribution in [0.4, 0.5) is 5.69 Å². The Morgan fingerprint density at radius 3 is 2.55 bits per heavy atom. The zero-order valence-electron chi connectivity index (χ0n) is 28.2. The van der Waals surface area contributed by atoms with Crippen molar-refractivity contribution in [2.45, 2.75) is 43.6 Å². The summed E-state index contributed by atoms with van der Waals surface area (Å²) in [5, 5.41) is 17.9. The van der Waals surface area contributed by atoms with Crippen molar-refractivity contribution in [1.82, 2.24) is 5.32 Å². The van der Waals surface area contributed by atoms with Gasteiger partial charge in [0.05, 0.1) is 27.2 Å². The molecular formula is C37H35ClN2O11. The van der Waals surface area contributed by atoms with Crippen LogP contribution >= 0.6 is 11.6 Å². The lowest BCUT2D eigenvalue weighted by Gasteiger charge is -2.38. The predicted octanol–water partition coefficient (Wildman–Crippen LogP) is 5.25. The third-order valence-electron chi connectivity index (χ3n) is 10.0. The van der Waals surface area contributed by atoms with Gasteiger partial charge in [-0.25, -0.2) is 0 Å². The van der Waals surface area contributed by atoms with Crippen molar-refractivity contribution in [2.24, 2.45) is 5.92 Å². The summed E-state index contributed by atoms with van der Waals surface area (Å²) in [5.74, 6) is -3.00. The zero-order valence-corrected chi connectivity index (χ0v) is 29.0. The molecule has 3 aromatic rings. The van der Waals surface area contributed by atoms with E-state index in [1.165, 1.54) is 20.3 Å². The number of ether oxygens (including phenoxy) is 6. The molecule has 4 atom stereocenters. The van der Waals surface area contributed by atoms with E-state index in [0.29, 0.717) is 34.9 Å². The molecule has 1 aliphatic carbocycles. The average molecular weight is 719 g/mol. The molecule has 0 radical (unpaired) electrons. The molecule has 0 saturated heterocycles. The summed E-state index contributed by atoms with van der Waals surface area (Å²) in [6, 6.07) is 11.7. The largest absolute Gasteiger partial charge is 0.507 e. The number of ketones is 2. The van der Waals surface area contributed by atoms with Crippen LogP contribution in [0.2, 0.25) is 5.02 Å². The number of halogens is 1. The zero-order chi connectivity index (χ0) is 36.2. The van der Waals surface area contributed by atoms with E-state index < -0.39 is 46.6 Å². The fourth-order valence-corrected chi connectivity index (χ4v) is 7.65. The number of hydrogen-bond acceptors (Lipinski definition) is 11. The molecular weight excluding hydrogens is 684 g/mol. The molecule has 2 amide bonds. The second-order valence-corrected chi connectivity index (χ2v) is 13.1. The summed E-state index contributed by atoms with van der Waals surface area (Å²) in [6.07, 6.45) is -0.180. The fraction of sp³-hybridized carbons (Fsp3) is 0.351. The number of methoxy groups -OCH3 is 3. The number of aliphatic hydroxyl groups is 1. The number of amides is 2. The van der Waals surface area contributed by atoms with Crippen molar-refractivity contribution in [3.63, 3.8) is 0 Å². The standard InChI is InChI=1S/C37H35ClN2O11/c1-17-11-24(41)30(34(43)37(17)35(44)31-27(47-3)15-28(48-4)32(38)33(31)51-37)21(18-5-8-25-26(12-18)50-16-49-25)14-29(42)39-10-9-20-22-13-19(46-2)6-7-23(22)40-36(20)45/h5-8,12-13,15,17,20-21,43H,9-11,14,16H2,1-4H3,(H,39,42)(H,40,45). The average Bonchev–Trinajstić information content (AvgIpc) is 3.81. The van der Waals surface area contributed by atoms with E-state index in [-0.39, 0.29) is 65.5 Å². The maximum Gasteiger partial charge on any atom is 0.232 e. The van der Waals surface area contributed by atoms with Crippen LogP contribution in [0.3, 0.4) is 0 Å². The van der Waals surface area contributed by atoms with E-state index in [2.05, 4.69) is 10.6 Å². The first-order chi connectivity index (χ1) is 24.5. The number of carbonyl (C=O) groups excluding carboxylic acids is 4. The monoisotopic (exact) mass is 718 g/mol. The Labute approximate surface area is 297 Å². The minimum absolute atomic E-state index is 0.000635. The Balaban J connectivity index is 1.22. The lowest BCUT2D eigenvalue weighted by atomic mass is 9.69. The highest BCUT2D eigenvalue weighted by atomic mass is 35.5. The maximum absolute atomic E-state index is 14.4. The number of aliphatic hydroxyl groups excluding tert-OH is 1. The second-order valence-electron chi connectivity index (χ2n) is 12.8. The Kier molecular flexibility index (Phi) is 8.70. The van der Waals surface area contributed by atoms with Crippen LogP contribution in [0, 0.1) is 5.92 Å². The predicted molar refractivity (Wildman–Crippen MR) is 183 cm³/mol. The van der Waals surface area contributed by atoms with Gasteiger partial charge in [0.25, 0.3) is 0 Å². The molecule has 3 aliphatic heterocycles. The number of benzene rings is 3. The molecule has 0 saturated carbocycles. The Morgan fingerprint density at radius 2 is 1.80 bits per heavy atom. The van der Waals surface area contributed by atoms with Gasteiger partial charge in [0.1, 0.15) is 27.8 Å². The lowest BCUT2D eigenvalue weighted by molar-refractivity contribution is -0.122. The van der Waals surface area contributed by atoms with Gasteiger partial charge < -0.3 is 44.2 Å². The van der Waals surface area contributed by atoms with Crippen LogP contribution in [-0.4, -0.2) is 68.8 Å². The molecule has 1 spiro atoms. The van der Waals surface area contributed by atoms with Gasteiger partial charge in [-0.15, -0.1) is 0 Å². The minimum Gasteiger partial charge on any atom is -0.507 e. The molecule has 3 heterocycles. The van der Waals surface area contributed by atoms with Crippen molar-refractivity contribution in [3.8, 4) is 34.5 Å². The minimum atomic E-state index is -2.04. The lowest BCUT2D eigenvalue weighted by Crippen LogP contribution is -2.53. The van der Waals surface area contributed by atoms with Gasteiger partial charge in [0, 0.05) is 48.5 Å². The first-order valence-corrected chi connectivity index (χ1v) is 16.7. The van der Waals surface area contributed by atoms with Crippen LogP contribution in [0.15, 0.2) is 53.8 Å². The van der Waals surface area contributed by atoms with Crippen LogP contribution in [0.5, 0.6) is 34.5 Å². The Hall–Kier alpha value is -5.43. The molecule has 3 aromatic carbocycles. The number of anilines is 1. The number of nitrogens with one attached hydrogen (secondary N) is 2. The summed E-state index contributed by atoms with van der Waals surface area (Å²) < 4.78 is 33.6. The second kappa shape index (κ2) is 13.0. The highest BCUT2D eigenvalue weighted by Crippen LogP contribution is 2.56. The molecule has 13 nitrogen and oxygen atoms in total. The summed E-state index contributed by atoms with van der Waals surface area (Å²) >= 11 is 6.61. The number of fused-ring (bicyclic) bond motifs is 3. The number of Topliss-reactive ketones (excluding diaryl/α,β-unsaturated/α-hetero) is 2. The first kappa shape index (κ1) is 34.0. The summed E-state index contributed by atoms with van der Waals surface area (Å²) in [4.78, 5) is 54.8. The number of allylic oxidation sites excluding steroid dienone is 1. The van der Waals surface area contributed by atoms with E-state index in [1.54, 1.807) is 50.4 Å². The van der Waals surface area contributed by atoms with Gasteiger partial charge in [-0.1, -0.05) is 24.6 Å². The summed E-state index contributed by atoms with van der Waals surface area (Å²) in [6.45, 7) is 1.76. The Bertz CT molecular complexity index is 2030. The third-order valence-corrected chi connectivity index (χ3v) is 10.4. The summed E-state index contributed by atoms with van der Waals surface area (Å²) in [7, 11) is 4.32. The topological polar surface area (TPSA) is 168 Å². The maximum atomic E-state index is 14.4. The van der Waals surface area contributed by atoms with E-state index in [9.17, 15) is 24.3 Å². The molecule has 0 aromatic heterocycles. The third kappa shape index (κ3) is 5.47. The Morgan fingerprint density at radius 1 is 1.04 bits per heavy atom. The molecule has 7 rings (SSSR count). The van der Waals surface area contributed by atoms with Crippen molar-refractivity contribution < 1.29 is 52.7 Å². The van der Waals surface area contributed by atoms with Gasteiger partial charge in [0.15, 0.2) is 28.8 Å². The number of carbonyl (C=O) groups is 4. The first-order valence-electron chi connectivity index (χ1n) is 16.3. The molecule has 0 bridgehead atoms. The van der Waals surface area contributed by atoms with Crippen LogP contribution < -0.4 is 39.1 Å². The van der Waals surface area contributed by atoms with E-state index in [4.69, 9.17) is 40.0 Å². The SMILES string of the molecule is COc1ccc2c(c1)C(CCNC(=O)CC(C1=C(O)C3(Oc4c(Cl)c(OC)cc(OC)c4C3=O)C(C)CC1=O)c1ccc3c(c1)OCO3)C(=O)N2. The van der Waals surface area contributed by atoms with E-state index in [0.717, 1.165) is 5.56 Å². The molecule has 51 heavy (non-hydrogen) atoms. The molecule has 14 heteroatoms. The number of rotatable bonds is 10. The molecule has 4 aliphatic rings. The highest BCUT2D eigenvalue weighted by molar-refractivity contribution is 6.35. The molecule has 266 valence electrons.